The van der Waals surface area contributed by atoms with E-state index in [0.717, 1.165) is 24.1 Å². The van der Waals surface area contributed by atoms with Crippen molar-refractivity contribution < 1.29 is 0 Å². The van der Waals surface area contributed by atoms with Gasteiger partial charge in [-0.25, -0.2) is 0 Å². The first-order chi connectivity index (χ1) is 5.86. The van der Waals surface area contributed by atoms with Gasteiger partial charge in [0.1, 0.15) is 5.51 Å². The number of nitrogens with zero attached hydrogens (tertiary/aromatic N) is 3. The van der Waals surface area contributed by atoms with Crippen LogP contribution in [0.25, 0.3) is 0 Å². The maximum Gasteiger partial charge on any atom is 0.208 e. The Morgan fingerprint density at radius 2 is 2.58 bits per heavy atom. The minimum atomic E-state index is 0.808. The molecule has 1 saturated heterocycles. The molecule has 12 heavy (non-hydrogen) atoms. The number of piperidine rings is 1. The van der Waals surface area contributed by atoms with Crippen molar-refractivity contribution in [3.8, 4) is 0 Å². The zero-order valence-corrected chi connectivity index (χ0v) is 8.05. The first kappa shape index (κ1) is 7.98. The third-order valence-electron chi connectivity index (χ3n) is 2.28. The molecular weight excluding hydrogens is 170 g/mol. The van der Waals surface area contributed by atoms with Crippen molar-refractivity contribution in [3.63, 3.8) is 0 Å². The van der Waals surface area contributed by atoms with Gasteiger partial charge in [0.2, 0.25) is 5.13 Å². The second-order valence-corrected chi connectivity index (χ2v) is 4.23. The van der Waals surface area contributed by atoms with Crippen molar-refractivity contribution in [3.05, 3.63) is 5.51 Å². The normalized spacial score (nSPS) is 24.4. The van der Waals surface area contributed by atoms with Crippen molar-refractivity contribution >= 4 is 16.5 Å². The van der Waals surface area contributed by atoms with Crippen LogP contribution in [0.15, 0.2) is 5.51 Å². The summed E-state index contributed by atoms with van der Waals surface area (Å²) >= 11 is 1.64. The third-order valence-corrected chi connectivity index (χ3v) is 3.03. The largest absolute Gasteiger partial charge is 0.346 e. The summed E-state index contributed by atoms with van der Waals surface area (Å²) in [6, 6.07) is 0. The maximum atomic E-state index is 4.07. The highest BCUT2D eigenvalue weighted by Gasteiger charge is 2.18. The molecule has 1 fully saturated rings. The summed E-state index contributed by atoms with van der Waals surface area (Å²) < 4.78 is 0. The van der Waals surface area contributed by atoms with Crippen LogP contribution in [0, 0.1) is 5.92 Å². The average Bonchev–Trinajstić information content (AvgIpc) is 2.56. The Morgan fingerprint density at radius 3 is 3.25 bits per heavy atom. The third kappa shape index (κ3) is 1.58. The monoisotopic (exact) mass is 183 g/mol. The molecule has 0 bridgehead atoms. The van der Waals surface area contributed by atoms with Gasteiger partial charge in [0, 0.05) is 13.1 Å². The van der Waals surface area contributed by atoms with Gasteiger partial charge >= 0.3 is 0 Å². The Morgan fingerprint density at radius 1 is 1.67 bits per heavy atom. The Balaban J connectivity index is 2.04. The Kier molecular flexibility index (Phi) is 2.26. The van der Waals surface area contributed by atoms with Gasteiger partial charge in [-0.1, -0.05) is 18.3 Å². The molecule has 0 aromatic carbocycles. The Hall–Kier alpha value is -0.640. The van der Waals surface area contributed by atoms with E-state index < -0.39 is 0 Å². The first-order valence-electron chi connectivity index (χ1n) is 4.37. The molecule has 66 valence electrons. The van der Waals surface area contributed by atoms with E-state index in [1.165, 1.54) is 12.8 Å². The molecule has 2 heterocycles. The molecule has 1 aliphatic heterocycles. The fourth-order valence-corrected chi connectivity index (χ4v) is 2.27. The summed E-state index contributed by atoms with van der Waals surface area (Å²) in [7, 11) is 0. The van der Waals surface area contributed by atoms with Crippen molar-refractivity contribution in [1.82, 2.24) is 10.2 Å². The van der Waals surface area contributed by atoms with Gasteiger partial charge < -0.3 is 4.90 Å². The van der Waals surface area contributed by atoms with E-state index in [9.17, 15) is 0 Å². The molecule has 1 aromatic rings. The highest BCUT2D eigenvalue weighted by molar-refractivity contribution is 7.13. The SMILES string of the molecule is CC1CCCN(c2nncs2)C1. The summed E-state index contributed by atoms with van der Waals surface area (Å²) in [6.07, 6.45) is 2.65. The van der Waals surface area contributed by atoms with Crippen LogP contribution in [0.3, 0.4) is 0 Å². The molecule has 1 unspecified atom stereocenters. The lowest BCUT2D eigenvalue weighted by Crippen LogP contribution is -2.34. The first-order valence-corrected chi connectivity index (χ1v) is 5.25. The van der Waals surface area contributed by atoms with Crippen molar-refractivity contribution in [2.24, 2.45) is 5.92 Å². The predicted octanol–water partition coefficient (Wildman–Crippen LogP) is 1.77. The molecule has 0 aliphatic carbocycles. The summed E-state index contributed by atoms with van der Waals surface area (Å²) in [5, 5.41) is 9.00. The Labute approximate surface area is 76.4 Å². The van der Waals surface area contributed by atoms with Crippen molar-refractivity contribution in [2.75, 3.05) is 18.0 Å². The maximum absolute atomic E-state index is 4.07. The fourth-order valence-electron chi connectivity index (χ4n) is 1.67. The molecule has 4 heteroatoms. The molecule has 0 spiro atoms. The van der Waals surface area contributed by atoms with Crippen LogP contribution in [0.5, 0.6) is 0 Å². The lowest BCUT2D eigenvalue weighted by Gasteiger charge is -2.29. The molecule has 3 nitrogen and oxygen atoms in total. The van der Waals surface area contributed by atoms with Gasteiger partial charge in [0.25, 0.3) is 0 Å². The zero-order chi connectivity index (χ0) is 8.39. The summed E-state index contributed by atoms with van der Waals surface area (Å²) in [5.74, 6) is 0.808. The van der Waals surface area contributed by atoms with Gasteiger partial charge in [-0.05, 0) is 18.8 Å². The quantitative estimate of drug-likeness (QED) is 0.664. The minimum Gasteiger partial charge on any atom is -0.346 e. The van der Waals surface area contributed by atoms with Crippen LogP contribution >= 0.6 is 11.3 Å². The molecule has 1 aromatic heterocycles. The van der Waals surface area contributed by atoms with Crippen molar-refractivity contribution in [2.45, 2.75) is 19.8 Å². The summed E-state index contributed by atoms with van der Waals surface area (Å²) in [5.41, 5.74) is 1.80. The second kappa shape index (κ2) is 3.39. The summed E-state index contributed by atoms with van der Waals surface area (Å²) in [6.45, 7) is 4.60. The van der Waals surface area contributed by atoms with E-state index in [1.54, 1.807) is 16.8 Å². The van der Waals surface area contributed by atoms with E-state index in [-0.39, 0.29) is 0 Å². The number of hydrogen-bond donors (Lipinski definition) is 0. The van der Waals surface area contributed by atoms with E-state index in [4.69, 9.17) is 0 Å². The smallest absolute Gasteiger partial charge is 0.208 e. The minimum absolute atomic E-state index is 0.808. The van der Waals surface area contributed by atoms with Crippen LogP contribution < -0.4 is 4.90 Å². The standard InChI is InChI=1S/C8H13N3S/c1-7-3-2-4-11(5-7)8-10-9-6-12-8/h6-7H,2-5H2,1H3. The summed E-state index contributed by atoms with van der Waals surface area (Å²) in [4.78, 5) is 2.34. The van der Waals surface area contributed by atoms with Gasteiger partial charge in [0.15, 0.2) is 0 Å². The number of hydrogen-bond acceptors (Lipinski definition) is 4. The van der Waals surface area contributed by atoms with Gasteiger partial charge in [-0.15, -0.1) is 10.2 Å². The van der Waals surface area contributed by atoms with Crippen molar-refractivity contribution in [1.29, 1.82) is 0 Å². The molecule has 0 amide bonds. The Bertz CT molecular complexity index is 234. The van der Waals surface area contributed by atoms with Crippen LogP contribution in [-0.2, 0) is 0 Å². The van der Waals surface area contributed by atoms with Gasteiger partial charge in [-0.2, -0.15) is 0 Å². The second-order valence-electron chi connectivity index (χ2n) is 3.41. The molecule has 0 radical (unpaired) electrons. The van der Waals surface area contributed by atoms with Crippen LogP contribution in [0.1, 0.15) is 19.8 Å². The number of anilines is 1. The van der Waals surface area contributed by atoms with E-state index in [0.29, 0.717) is 0 Å². The molecule has 0 saturated carbocycles. The van der Waals surface area contributed by atoms with Crippen LogP contribution in [-0.4, -0.2) is 23.3 Å². The van der Waals surface area contributed by atoms with E-state index in [1.807, 2.05) is 0 Å². The number of rotatable bonds is 1. The molecule has 2 rings (SSSR count). The van der Waals surface area contributed by atoms with Gasteiger partial charge in [0.05, 0.1) is 0 Å². The number of aromatic nitrogens is 2. The topological polar surface area (TPSA) is 29.0 Å². The lowest BCUT2D eigenvalue weighted by molar-refractivity contribution is 0.446. The fraction of sp³-hybridized carbons (Fsp3) is 0.750. The van der Waals surface area contributed by atoms with E-state index in [2.05, 4.69) is 22.0 Å². The molecule has 0 N–H and O–H groups in total. The van der Waals surface area contributed by atoms with E-state index >= 15 is 0 Å². The average molecular weight is 183 g/mol. The highest BCUT2D eigenvalue weighted by Crippen LogP contribution is 2.23. The van der Waals surface area contributed by atoms with Gasteiger partial charge in [-0.3, -0.25) is 0 Å². The highest BCUT2D eigenvalue weighted by atomic mass is 32.1. The zero-order valence-electron chi connectivity index (χ0n) is 7.23. The lowest BCUT2D eigenvalue weighted by atomic mass is 10.0. The van der Waals surface area contributed by atoms with Crippen LogP contribution in [0.4, 0.5) is 5.13 Å². The molecular formula is C8H13N3S. The molecule has 1 aliphatic rings. The predicted molar refractivity (Wildman–Crippen MR) is 50.5 cm³/mol. The molecule has 1 atom stereocenters. The van der Waals surface area contributed by atoms with Crippen LogP contribution in [0.2, 0.25) is 0 Å².